The highest BCUT2D eigenvalue weighted by atomic mass is 19.3. The van der Waals surface area contributed by atoms with Crippen molar-refractivity contribution in [2.75, 3.05) is 11.5 Å². The van der Waals surface area contributed by atoms with Gasteiger partial charge in [-0.25, -0.2) is 4.39 Å². The molecule has 0 spiro atoms. The first-order valence-corrected chi connectivity index (χ1v) is 10.9. The molecule has 2 aliphatic carbocycles. The van der Waals surface area contributed by atoms with Crippen LogP contribution in [0.1, 0.15) is 11.1 Å². The number of benzene rings is 3. The van der Waals surface area contributed by atoms with Crippen molar-refractivity contribution in [2.24, 2.45) is 0 Å². The van der Waals surface area contributed by atoms with E-state index in [4.69, 9.17) is 16.2 Å². The minimum atomic E-state index is -6.45. The molecule has 1 saturated carbocycles. The van der Waals surface area contributed by atoms with E-state index < -0.39 is 57.5 Å². The summed E-state index contributed by atoms with van der Waals surface area (Å²) >= 11 is 0. The van der Waals surface area contributed by atoms with Crippen molar-refractivity contribution >= 4 is 17.5 Å². The fraction of sp³-hybridized carbons (Fsp3) is 0.200. The third-order valence-electron chi connectivity index (χ3n) is 6.54. The van der Waals surface area contributed by atoms with E-state index in [9.17, 15) is 10.2 Å². The van der Waals surface area contributed by atoms with E-state index in [1.807, 2.05) is 0 Å². The summed E-state index contributed by atoms with van der Waals surface area (Å²) in [6.45, 7) is 0. The predicted octanol–water partition coefficient (Wildman–Crippen LogP) is 6.28. The van der Waals surface area contributed by atoms with Crippen molar-refractivity contribution in [1.29, 1.82) is 0 Å². The third-order valence-corrected chi connectivity index (χ3v) is 6.54. The average molecular weight is 560 g/mol. The van der Waals surface area contributed by atoms with Crippen LogP contribution in [0.25, 0.3) is 6.08 Å². The Hall–Kier alpha value is -4.36. The lowest BCUT2D eigenvalue weighted by Gasteiger charge is -2.51. The monoisotopic (exact) mass is 560 g/mol. The topological polar surface area (TPSA) is 111 Å². The Bertz CT molecular complexity index is 1550. The molecular weight excluding hydrogens is 544 g/mol. The fourth-order valence-electron chi connectivity index (χ4n) is 4.47. The SMILES string of the molecule is Nc1ccc(Oc2ccc3c(c2)C=C2C(F)(F)C(F)(Oc4ccc(N)c(O)c4)C(F)(F)C(F)(F)C23F)cc1O. The van der Waals surface area contributed by atoms with Gasteiger partial charge in [-0.15, -0.1) is 0 Å². The van der Waals surface area contributed by atoms with Gasteiger partial charge in [-0.05, 0) is 48.0 Å². The number of alkyl halides is 8. The summed E-state index contributed by atoms with van der Waals surface area (Å²) < 4.78 is 133. The van der Waals surface area contributed by atoms with Crippen LogP contribution in [-0.2, 0) is 5.67 Å². The van der Waals surface area contributed by atoms with Gasteiger partial charge >= 0.3 is 23.6 Å². The van der Waals surface area contributed by atoms with Crippen LogP contribution in [-0.4, -0.2) is 33.8 Å². The lowest BCUT2D eigenvalue weighted by atomic mass is 9.70. The van der Waals surface area contributed by atoms with Gasteiger partial charge in [0, 0.05) is 17.7 Å². The molecule has 14 heteroatoms. The summed E-state index contributed by atoms with van der Waals surface area (Å²) in [5.41, 5.74) is 1.21. The smallest absolute Gasteiger partial charge is 0.388 e. The number of halogens is 8. The van der Waals surface area contributed by atoms with Crippen molar-refractivity contribution in [2.45, 2.75) is 29.3 Å². The van der Waals surface area contributed by atoms with Crippen LogP contribution in [0.5, 0.6) is 28.7 Å². The number of nitrogen functional groups attached to an aromatic ring is 2. The number of anilines is 2. The van der Waals surface area contributed by atoms with Gasteiger partial charge in [0.15, 0.2) is 0 Å². The lowest BCUT2D eigenvalue weighted by Crippen LogP contribution is -2.77. The van der Waals surface area contributed by atoms with Crippen molar-refractivity contribution < 1.29 is 54.8 Å². The second kappa shape index (κ2) is 7.83. The summed E-state index contributed by atoms with van der Waals surface area (Å²) in [4.78, 5) is 0. The van der Waals surface area contributed by atoms with Crippen molar-refractivity contribution in [3.05, 3.63) is 71.3 Å². The minimum absolute atomic E-state index is 0.0130. The maximum Gasteiger partial charge on any atom is 0.388 e. The standard InChI is InChI=1S/C25H16F8N2O4/c26-21-15-4-1-12(38-13-2-5-16(34)18(36)9-13)7-11(15)8-20(21)22(27,28)25(33,24(31,32)23(21,29)30)39-14-3-6-17(35)19(37)10-14/h1-10,36-37H,34-35H2. The Morgan fingerprint density at radius 3 is 1.74 bits per heavy atom. The largest absolute Gasteiger partial charge is 0.506 e. The zero-order valence-electron chi connectivity index (χ0n) is 19.2. The molecule has 6 N–H and O–H groups in total. The molecule has 0 radical (unpaired) electrons. The van der Waals surface area contributed by atoms with Crippen LogP contribution in [0, 0.1) is 0 Å². The number of aromatic hydroxyl groups is 2. The second-order valence-electron chi connectivity index (χ2n) is 8.93. The number of rotatable bonds is 4. The molecule has 0 saturated heterocycles. The van der Waals surface area contributed by atoms with Gasteiger partial charge in [-0.3, -0.25) is 0 Å². The number of fused-ring (bicyclic) bond motifs is 3. The van der Waals surface area contributed by atoms with Gasteiger partial charge in [-0.1, -0.05) is 6.07 Å². The van der Waals surface area contributed by atoms with E-state index in [0.29, 0.717) is 18.2 Å². The molecule has 0 heterocycles. The first-order valence-electron chi connectivity index (χ1n) is 10.9. The zero-order chi connectivity index (χ0) is 28.8. The molecule has 2 aliphatic rings. The molecule has 2 unspecified atom stereocenters. The molecule has 3 aromatic carbocycles. The maximum absolute atomic E-state index is 16.0. The fourth-order valence-corrected chi connectivity index (χ4v) is 4.47. The number of nitrogens with two attached hydrogens (primary N) is 2. The molecule has 0 aromatic heterocycles. The van der Waals surface area contributed by atoms with Gasteiger partial charge < -0.3 is 31.2 Å². The molecule has 0 bridgehead atoms. The van der Waals surface area contributed by atoms with E-state index in [-0.39, 0.29) is 34.7 Å². The number of hydrogen-bond acceptors (Lipinski definition) is 6. The molecule has 2 atom stereocenters. The van der Waals surface area contributed by atoms with Crippen LogP contribution in [0.4, 0.5) is 46.5 Å². The summed E-state index contributed by atoms with van der Waals surface area (Å²) in [5.74, 6) is -26.8. The van der Waals surface area contributed by atoms with E-state index in [1.54, 1.807) is 0 Å². The van der Waals surface area contributed by atoms with Gasteiger partial charge in [0.2, 0.25) is 5.67 Å². The molecule has 206 valence electrons. The maximum atomic E-state index is 16.0. The summed E-state index contributed by atoms with van der Waals surface area (Å²) in [6.07, 6.45) is 0.115. The Morgan fingerprint density at radius 2 is 1.15 bits per heavy atom. The second-order valence-corrected chi connectivity index (χ2v) is 8.93. The van der Waals surface area contributed by atoms with E-state index in [1.165, 1.54) is 12.1 Å². The quantitative estimate of drug-likeness (QED) is 0.170. The Kier molecular flexibility index (Phi) is 5.27. The molecule has 3 aromatic rings. The normalized spacial score (nSPS) is 25.8. The number of hydrogen-bond donors (Lipinski definition) is 4. The van der Waals surface area contributed by atoms with E-state index in [2.05, 4.69) is 4.74 Å². The number of ether oxygens (including phenoxy) is 2. The highest BCUT2D eigenvalue weighted by molar-refractivity contribution is 5.74. The molecule has 39 heavy (non-hydrogen) atoms. The number of phenols is 2. The van der Waals surface area contributed by atoms with Gasteiger partial charge in [0.1, 0.15) is 28.7 Å². The summed E-state index contributed by atoms with van der Waals surface area (Å²) in [7, 11) is 0. The molecule has 5 rings (SSSR count). The predicted molar refractivity (Wildman–Crippen MR) is 122 cm³/mol. The molecule has 0 aliphatic heterocycles. The van der Waals surface area contributed by atoms with Gasteiger partial charge in [-0.2, -0.15) is 30.7 Å². The first-order chi connectivity index (χ1) is 18.0. The Labute approximate surface area is 213 Å². The van der Waals surface area contributed by atoms with Crippen LogP contribution >= 0.6 is 0 Å². The summed E-state index contributed by atoms with van der Waals surface area (Å²) in [5, 5.41) is 19.3. The number of phenolic OH excluding ortho intramolecular Hbond substituents is 2. The average Bonchev–Trinajstić information content (AvgIpc) is 3.17. The van der Waals surface area contributed by atoms with Crippen molar-refractivity contribution in [3.8, 4) is 28.7 Å². The Balaban J connectivity index is 1.62. The lowest BCUT2D eigenvalue weighted by molar-refractivity contribution is -0.417. The highest BCUT2D eigenvalue weighted by Crippen LogP contribution is 2.71. The van der Waals surface area contributed by atoms with Crippen molar-refractivity contribution in [1.82, 2.24) is 0 Å². The first kappa shape index (κ1) is 26.3. The van der Waals surface area contributed by atoms with E-state index in [0.717, 1.165) is 24.3 Å². The minimum Gasteiger partial charge on any atom is -0.506 e. The van der Waals surface area contributed by atoms with Gasteiger partial charge in [0.05, 0.1) is 16.9 Å². The van der Waals surface area contributed by atoms with Crippen molar-refractivity contribution in [3.63, 3.8) is 0 Å². The molecular formula is C25H16F8N2O4. The van der Waals surface area contributed by atoms with Gasteiger partial charge in [0.25, 0.3) is 0 Å². The van der Waals surface area contributed by atoms with Crippen LogP contribution in [0.2, 0.25) is 0 Å². The Morgan fingerprint density at radius 1 is 0.641 bits per heavy atom. The van der Waals surface area contributed by atoms with Crippen LogP contribution < -0.4 is 20.9 Å². The molecule has 1 fully saturated rings. The van der Waals surface area contributed by atoms with Crippen LogP contribution in [0.3, 0.4) is 0 Å². The molecule has 0 amide bonds. The highest BCUT2D eigenvalue weighted by Gasteiger charge is 2.94. The third kappa shape index (κ3) is 3.26. The van der Waals surface area contributed by atoms with E-state index >= 15 is 35.1 Å². The summed E-state index contributed by atoms with van der Waals surface area (Å²) in [6, 6.07) is 7.43. The zero-order valence-corrected chi connectivity index (χ0v) is 19.2. The molecule has 6 nitrogen and oxygen atoms in total. The van der Waals surface area contributed by atoms with Crippen LogP contribution in [0.15, 0.2) is 60.2 Å².